The third-order valence-corrected chi connectivity index (χ3v) is 3.89. The molecule has 0 heterocycles. The minimum absolute atomic E-state index is 0.611. The third kappa shape index (κ3) is 4.16. The zero-order valence-corrected chi connectivity index (χ0v) is 10.2. The van der Waals surface area contributed by atoms with Gasteiger partial charge in [-0.3, -0.25) is 0 Å². The highest BCUT2D eigenvalue weighted by molar-refractivity contribution is 9.10. The lowest BCUT2D eigenvalue weighted by Crippen LogP contribution is -2.21. The molecule has 0 aromatic heterocycles. The largest absolute Gasteiger partial charge is 0.390 e. The van der Waals surface area contributed by atoms with Gasteiger partial charge in [-0.15, -0.1) is 11.8 Å². The Morgan fingerprint density at radius 2 is 2.00 bits per heavy atom. The number of hydrogen-bond donors (Lipinski definition) is 1. The molecule has 1 N–H and O–H groups in total. The third-order valence-electron chi connectivity index (χ3n) is 1.42. The molecule has 1 nitrogen and oxygen atoms in total. The first-order valence-corrected chi connectivity index (χ1v) is 5.86. The van der Waals surface area contributed by atoms with Crippen molar-refractivity contribution in [2.75, 3.05) is 5.75 Å². The summed E-state index contributed by atoms with van der Waals surface area (Å²) < 4.78 is 1.09. The summed E-state index contributed by atoms with van der Waals surface area (Å²) in [4.78, 5) is 1.17. The van der Waals surface area contributed by atoms with E-state index >= 15 is 0 Å². The minimum Gasteiger partial charge on any atom is -0.390 e. The van der Waals surface area contributed by atoms with Gasteiger partial charge in [0.2, 0.25) is 0 Å². The van der Waals surface area contributed by atoms with Gasteiger partial charge in [-0.25, -0.2) is 0 Å². The van der Waals surface area contributed by atoms with Gasteiger partial charge in [-0.2, -0.15) is 0 Å². The minimum atomic E-state index is -0.611. The van der Waals surface area contributed by atoms with Crippen molar-refractivity contribution in [3.05, 3.63) is 28.7 Å². The molecular formula is C10H13BrOS. The van der Waals surface area contributed by atoms with Crippen molar-refractivity contribution in [3.63, 3.8) is 0 Å². The lowest BCUT2D eigenvalue weighted by molar-refractivity contribution is 0.107. The molecule has 0 radical (unpaired) electrons. The lowest BCUT2D eigenvalue weighted by Gasteiger charge is -2.16. The second kappa shape index (κ2) is 4.49. The van der Waals surface area contributed by atoms with Crippen LogP contribution in [0.4, 0.5) is 0 Å². The van der Waals surface area contributed by atoms with Crippen LogP contribution < -0.4 is 0 Å². The highest BCUT2D eigenvalue weighted by Crippen LogP contribution is 2.29. The summed E-state index contributed by atoms with van der Waals surface area (Å²) in [6, 6.07) is 8.03. The predicted molar refractivity (Wildman–Crippen MR) is 61.2 cm³/mol. The molecule has 72 valence electrons. The van der Waals surface area contributed by atoms with Crippen molar-refractivity contribution < 1.29 is 5.11 Å². The van der Waals surface area contributed by atoms with Gasteiger partial charge in [0.05, 0.1) is 5.60 Å². The summed E-state index contributed by atoms with van der Waals surface area (Å²) in [6.45, 7) is 3.63. The van der Waals surface area contributed by atoms with E-state index in [1.165, 1.54) is 4.90 Å². The molecule has 0 unspecified atom stereocenters. The Labute approximate surface area is 91.7 Å². The molecule has 3 heteroatoms. The Balaban J connectivity index is 2.60. The van der Waals surface area contributed by atoms with E-state index in [4.69, 9.17) is 0 Å². The van der Waals surface area contributed by atoms with Crippen molar-refractivity contribution in [2.45, 2.75) is 24.3 Å². The van der Waals surface area contributed by atoms with Gasteiger partial charge in [-0.1, -0.05) is 12.1 Å². The van der Waals surface area contributed by atoms with E-state index in [-0.39, 0.29) is 0 Å². The smallest absolute Gasteiger partial charge is 0.0685 e. The van der Waals surface area contributed by atoms with Gasteiger partial charge in [0.25, 0.3) is 0 Å². The average Bonchev–Trinajstić information content (AvgIpc) is 2.01. The summed E-state index contributed by atoms with van der Waals surface area (Å²) in [5.74, 6) is 0.704. The zero-order chi connectivity index (χ0) is 9.90. The van der Waals surface area contributed by atoms with Crippen molar-refractivity contribution in [1.82, 2.24) is 0 Å². The number of halogens is 1. The Hall–Kier alpha value is 0.01000. The molecule has 0 fully saturated rings. The van der Waals surface area contributed by atoms with Gasteiger partial charge in [0.1, 0.15) is 0 Å². The Kier molecular flexibility index (Phi) is 3.83. The van der Waals surface area contributed by atoms with Gasteiger partial charge in [-0.05, 0) is 41.9 Å². The van der Waals surface area contributed by atoms with Crippen LogP contribution in [0.3, 0.4) is 0 Å². The molecule has 1 aromatic rings. The second-order valence-corrected chi connectivity index (χ2v) is 5.40. The molecule has 0 amide bonds. The molecule has 0 bridgehead atoms. The Bertz CT molecular complexity index is 280. The number of benzene rings is 1. The molecule has 0 aliphatic rings. The van der Waals surface area contributed by atoms with E-state index in [0.29, 0.717) is 5.75 Å². The van der Waals surface area contributed by atoms with Crippen LogP contribution in [0.5, 0.6) is 0 Å². The molecule has 0 saturated carbocycles. The molecule has 1 aromatic carbocycles. The normalized spacial score (nSPS) is 11.7. The first-order valence-electron chi connectivity index (χ1n) is 4.09. The quantitative estimate of drug-likeness (QED) is 0.842. The highest BCUT2D eigenvalue weighted by Gasteiger charge is 2.13. The van der Waals surface area contributed by atoms with Crippen LogP contribution >= 0.6 is 27.7 Å². The maximum Gasteiger partial charge on any atom is 0.0685 e. The molecule has 13 heavy (non-hydrogen) atoms. The number of hydrogen-bond acceptors (Lipinski definition) is 2. The van der Waals surface area contributed by atoms with Gasteiger partial charge in [0.15, 0.2) is 0 Å². The van der Waals surface area contributed by atoms with E-state index in [2.05, 4.69) is 15.9 Å². The van der Waals surface area contributed by atoms with Crippen LogP contribution in [0.25, 0.3) is 0 Å². The number of rotatable bonds is 3. The van der Waals surface area contributed by atoms with Crippen LogP contribution in [-0.2, 0) is 0 Å². The highest BCUT2D eigenvalue weighted by atomic mass is 79.9. The van der Waals surface area contributed by atoms with Crippen LogP contribution in [0.1, 0.15) is 13.8 Å². The molecule has 0 aliphatic carbocycles. The molecule has 1 rings (SSSR count). The Morgan fingerprint density at radius 1 is 1.38 bits per heavy atom. The van der Waals surface area contributed by atoms with E-state index in [0.717, 1.165) is 4.47 Å². The van der Waals surface area contributed by atoms with Gasteiger partial charge in [0, 0.05) is 15.1 Å². The fraction of sp³-hybridized carbons (Fsp3) is 0.400. The molecule has 0 spiro atoms. The number of aliphatic hydroxyl groups is 1. The zero-order valence-electron chi connectivity index (χ0n) is 7.75. The predicted octanol–water partition coefficient (Wildman–Crippen LogP) is 3.31. The van der Waals surface area contributed by atoms with E-state index in [1.807, 2.05) is 38.1 Å². The van der Waals surface area contributed by atoms with Crippen LogP contribution in [-0.4, -0.2) is 16.5 Å². The standard InChI is InChI=1S/C10H13BrOS/c1-10(2,12)7-13-9-6-4-3-5-8(9)11/h3-6,12H,7H2,1-2H3. The number of thioether (sulfide) groups is 1. The maximum absolute atomic E-state index is 9.53. The molecular weight excluding hydrogens is 248 g/mol. The molecule has 0 saturated heterocycles. The topological polar surface area (TPSA) is 20.2 Å². The van der Waals surface area contributed by atoms with Gasteiger partial charge < -0.3 is 5.11 Å². The molecule has 0 atom stereocenters. The fourth-order valence-electron chi connectivity index (χ4n) is 0.816. The van der Waals surface area contributed by atoms with Crippen molar-refractivity contribution in [2.24, 2.45) is 0 Å². The van der Waals surface area contributed by atoms with Crippen molar-refractivity contribution in [1.29, 1.82) is 0 Å². The first-order chi connectivity index (χ1) is 5.99. The van der Waals surface area contributed by atoms with Crippen LogP contribution in [0.2, 0.25) is 0 Å². The fourth-order valence-corrected chi connectivity index (χ4v) is 2.33. The van der Waals surface area contributed by atoms with Gasteiger partial charge >= 0.3 is 0 Å². The van der Waals surface area contributed by atoms with E-state index in [9.17, 15) is 5.11 Å². The molecule has 0 aliphatic heterocycles. The van der Waals surface area contributed by atoms with E-state index < -0.39 is 5.60 Å². The van der Waals surface area contributed by atoms with E-state index in [1.54, 1.807) is 11.8 Å². The summed E-state index contributed by atoms with van der Waals surface area (Å²) in [7, 11) is 0. The lowest BCUT2D eigenvalue weighted by atomic mass is 10.2. The summed E-state index contributed by atoms with van der Waals surface area (Å²) >= 11 is 5.12. The van der Waals surface area contributed by atoms with Crippen molar-refractivity contribution in [3.8, 4) is 0 Å². The first kappa shape index (κ1) is 11.1. The monoisotopic (exact) mass is 260 g/mol. The summed E-state index contributed by atoms with van der Waals surface area (Å²) in [6.07, 6.45) is 0. The second-order valence-electron chi connectivity index (χ2n) is 3.53. The van der Waals surface area contributed by atoms with Crippen LogP contribution in [0, 0.1) is 0 Å². The Morgan fingerprint density at radius 3 is 2.54 bits per heavy atom. The summed E-state index contributed by atoms with van der Waals surface area (Å²) in [5.41, 5.74) is -0.611. The maximum atomic E-state index is 9.53. The summed E-state index contributed by atoms with van der Waals surface area (Å²) in [5, 5.41) is 9.53. The van der Waals surface area contributed by atoms with Crippen LogP contribution in [0.15, 0.2) is 33.6 Å². The SMILES string of the molecule is CC(C)(O)CSc1ccccc1Br. The average molecular weight is 261 g/mol. The van der Waals surface area contributed by atoms with Crippen molar-refractivity contribution >= 4 is 27.7 Å².